The quantitative estimate of drug-likeness (QED) is 0.790. The fraction of sp³-hybridized carbons (Fsp3) is 0.409. The number of carbonyl (C=O) groups is 1. The molecular formula is C22H23ClO5. The number of carbonyl (C=O) groups excluding carboxylic acids is 1. The topological polar surface area (TPSA) is 65.0 Å². The third kappa shape index (κ3) is 3.73. The normalized spacial score (nSPS) is 28.3. The van der Waals surface area contributed by atoms with Crippen LogP contribution in [0.25, 0.3) is 0 Å². The summed E-state index contributed by atoms with van der Waals surface area (Å²) in [6.07, 6.45) is -2.79. The number of ether oxygens (including phenoxy) is 3. The SMILES string of the molecule is Cc1ccc(C(=O)C2OC3OC(C)(C)OC3C2O)cc1Cc1ccc(Cl)cc1. The molecule has 4 unspecified atom stereocenters. The van der Waals surface area contributed by atoms with Gasteiger partial charge in [0.15, 0.2) is 24.0 Å². The molecule has 2 fully saturated rings. The highest BCUT2D eigenvalue weighted by Gasteiger charge is 2.56. The van der Waals surface area contributed by atoms with Crippen LogP contribution in [0.5, 0.6) is 0 Å². The Morgan fingerprint density at radius 3 is 2.54 bits per heavy atom. The molecule has 2 saturated heterocycles. The molecule has 0 radical (unpaired) electrons. The Morgan fingerprint density at radius 1 is 1.14 bits per heavy atom. The standard InChI is InChI=1S/C22H23ClO5/c1-12-4-7-14(11-15(12)10-13-5-8-16(23)9-6-13)17(24)19-18(25)20-21(26-19)28-22(2,3)27-20/h4-9,11,18-21,25H,10H2,1-3H3. The lowest BCUT2D eigenvalue weighted by molar-refractivity contribution is -0.208. The lowest BCUT2D eigenvalue weighted by atomic mass is 9.94. The number of hydrogen-bond donors (Lipinski definition) is 1. The van der Waals surface area contributed by atoms with Crippen molar-refractivity contribution in [3.05, 3.63) is 69.7 Å². The maximum atomic E-state index is 13.0. The van der Waals surface area contributed by atoms with E-state index in [1.165, 1.54) is 0 Å². The van der Waals surface area contributed by atoms with Crippen molar-refractivity contribution in [2.24, 2.45) is 0 Å². The van der Waals surface area contributed by atoms with E-state index in [1.807, 2.05) is 43.3 Å². The second-order valence-corrected chi connectivity index (χ2v) is 8.26. The van der Waals surface area contributed by atoms with Gasteiger partial charge in [0.05, 0.1) is 0 Å². The van der Waals surface area contributed by atoms with Crippen molar-refractivity contribution < 1.29 is 24.1 Å². The van der Waals surface area contributed by atoms with Crippen molar-refractivity contribution in [1.29, 1.82) is 0 Å². The van der Waals surface area contributed by atoms with Gasteiger partial charge in [-0.15, -0.1) is 0 Å². The number of Topliss-reactive ketones (excluding diaryl/α,β-unsaturated/α-hetero) is 1. The van der Waals surface area contributed by atoms with E-state index in [1.54, 1.807) is 19.9 Å². The number of hydrogen-bond acceptors (Lipinski definition) is 5. The Labute approximate surface area is 169 Å². The molecule has 0 amide bonds. The van der Waals surface area contributed by atoms with Gasteiger partial charge < -0.3 is 19.3 Å². The lowest BCUT2D eigenvalue weighted by Crippen LogP contribution is -2.38. The van der Waals surface area contributed by atoms with E-state index in [0.717, 1.165) is 16.7 Å². The van der Waals surface area contributed by atoms with E-state index < -0.39 is 30.4 Å². The van der Waals surface area contributed by atoms with Crippen molar-refractivity contribution in [2.45, 2.75) is 57.6 Å². The molecule has 28 heavy (non-hydrogen) atoms. The predicted octanol–water partition coefficient (Wildman–Crippen LogP) is 3.66. The molecule has 6 heteroatoms. The van der Waals surface area contributed by atoms with Crippen LogP contribution >= 0.6 is 11.6 Å². The Kier molecular flexibility index (Phi) is 5.06. The van der Waals surface area contributed by atoms with Gasteiger partial charge in [-0.05, 0) is 62.1 Å². The molecule has 0 aromatic heterocycles. The average Bonchev–Trinajstić information content (AvgIpc) is 3.11. The predicted molar refractivity (Wildman–Crippen MR) is 104 cm³/mol. The molecule has 5 nitrogen and oxygen atoms in total. The molecule has 4 rings (SSSR count). The van der Waals surface area contributed by atoms with E-state index >= 15 is 0 Å². The van der Waals surface area contributed by atoms with Gasteiger partial charge in [0, 0.05) is 10.6 Å². The highest BCUT2D eigenvalue weighted by molar-refractivity contribution is 6.30. The molecule has 2 aromatic carbocycles. The summed E-state index contributed by atoms with van der Waals surface area (Å²) in [6.45, 7) is 5.51. The zero-order valence-corrected chi connectivity index (χ0v) is 16.8. The monoisotopic (exact) mass is 402 g/mol. The zero-order valence-electron chi connectivity index (χ0n) is 16.0. The number of aryl methyl sites for hydroxylation is 1. The Morgan fingerprint density at radius 2 is 1.86 bits per heavy atom. The van der Waals surface area contributed by atoms with Gasteiger partial charge in [0.1, 0.15) is 12.2 Å². The largest absolute Gasteiger partial charge is 0.387 e. The first-order valence-corrected chi connectivity index (χ1v) is 9.69. The van der Waals surface area contributed by atoms with Gasteiger partial charge in [-0.2, -0.15) is 0 Å². The fourth-order valence-electron chi connectivity index (χ4n) is 3.71. The minimum atomic E-state index is -1.07. The van der Waals surface area contributed by atoms with Crippen LogP contribution in [0.15, 0.2) is 42.5 Å². The summed E-state index contributed by atoms with van der Waals surface area (Å²) in [4.78, 5) is 13.0. The van der Waals surface area contributed by atoms with Crippen LogP contribution < -0.4 is 0 Å². The smallest absolute Gasteiger partial charge is 0.194 e. The Balaban J connectivity index is 1.53. The molecule has 1 N–H and O–H groups in total. The Hall–Kier alpha value is -1.76. The number of aliphatic hydroxyl groups is 1. The summed E-state index contributed by atoms with van der Waals surface area (Å²) >= 11 is 5.95. The van der Waals surface area contributed by atoms with E-state index in [-0.39, 0.29) is 5.78 Å². The first kappa shape index (κ1) is 19.6. The molecule has 0 spiro atoms. The molecule has 2 aromatic rings. The number of benzene rings is 2. The van der Waals surface area contributed by atoms with Crippen molar-refractivity contribution >= 4 is 17.4 Å². The first-order valence-electron chi connectivity index (χ1n) is 9.31. The molecule has 2 heterocycles. The molecule has 0 aliphatic carbocycles. The van der Waals surface area contributed by atoms with Gasteiger partial charge in [-0.25, -0.2) is 0 Å². The van der Waals surface area contributed by atoms with Crippen molar-refractivity contribution in [1.82, 2.24) is 0 Å². The lowest BCUT2D eigenvalue weighted by Gasteiger charge is -2.22. The number of fused-ring (bicyclic) bond motifs is 1. The second-order valence-electron chi connectivity index (χ2n) is 7.82. The Bertz CT molecular complexity index is 892. The van der Waals surface area contributed by atoms with Crippen LogP contribution in [0.1, 0.15) is 40.9 Å². The molecule has 2 aliphatic rings. The van der Waals surface area contributed by atoms with Crippen molar-refractivity contribution in [2.75, 3.05) is 0 Å². The third-order valence-electron chi connectivity index (χ3n) is 5.22. The van der Waals surface area contributed by atoms with Crippen LogP contribution in [0, 0.1) is 6.92 Å². The van der Waals surface area contributed by atoms with Crippen LogP contribution in [0.4, 0.5) is 0 Å². The van der Waals surface area contributed by atoms with E-state index in [9.17, 15) is 9.90 Å². The van der Waals surface area contributed by atoms with E-state index in [2.05, 4.69) is 0 Å². The van der Waals surface area contributed by atoms with Crippen LogP contribution in [-0.2, 0) is 20.6 Å². The highest BCUT2D eigenvalue weighted by atomic mass is 35.5. The van der Waals surface area contributed by atoms with E-state index in [4.69, 9.17) is 25.8 Å². The molecule has 0 bridgehead atoms. The number of halogens is 1. The number of aliphatic hydroxyl groups excluding tert-OH is 1. The van der Waals surface area contributed by atoms with E-state index in [0.29, 0.717) is 17.0 Å². The second kappa shape index (κ2) is 7.25. The van der Waals surface area contributed by atoms with Gasteiger partial charge in [0.2, 0.25) is 0 Å². The van der Waals surface area contributed by atoms with Gasteiger partial charge >= 0.3 is 0 Å². The fourth-order valence-corrected chi connectivity index (χ4v) is 3.84. The van der Waals surface area contributed by atoms with Gasteiger partial charge in [-0.3, -0.25) is 4.79 Å². The molecule has 2 aliphatic heterocycles. The minimum absolute atomic E-state index is 0.274. The van der Waals surface area contributed by atoms with Crippen LogP contribution in [-0.4, -0.2) is 41.3 Å². The summed E-state index contributed by atoms with van der Waals surface area (Å²) in [5, 5.41) is 11.2. The average molecular weight is 403 g/mol. The summed E-state index contributed by atoms with van der Waals surface area (Å²) in [6, 6.07) is 13.2. The minimum Gasteiger partial charge on any atom is -0.387 e. The highest BCUT2D eigenvalue weighted by Crippen LogP contribution is 2.38. The summed E-state index contributed by atoms with van der Waals surface area (Å²) in [7, 11) is 0. The maximum absolute atomic E-state index is 13.0. The summed E-state index contributed by atoms with van der Waals surface area (Å²) in [5.41, 5.74) is 3.73. The maximum Gasteiger partial charge on any atom is 0.194 e. The molecule has 4 atom stereocenters. The number of rotatable bonds is 4. The summed E-state index contributed by atoms with van der Waals surface area (Å²) < 4.78 is 17.0. The molecule has 148 valence electrons. The van der Waals surface area contributed by atoms with Crippen molar-refractivity contribution in [3.8, 4) is 0 Å². The van der Waals surface area contributed by atoms with Gasteiger partial charge in [-0.1, -0.05) is 35.9 Å². The zero-order chi connectivity index (χ0) is 20.1. The van der Waals surface area contributed by atoms with Crippen LogP contribution in [0.2, 0.25) is 5.02 Å². The first-order chi connectivity index (χ1) is 13.2. The molecular weight excluding hydrogens is 380 g/mol. The number of ketones is 1. The van der Waals surface area contributed by atoms with Gasteiger partial charge in [0.25, 0.3) is 0 Å². The summed E-state index contributed by atoms with van der Waals surface area (Å²) in [5.74, 6) is -1.11. The third-order valence-corrected chi connectivity index (χ3v) is 5.47. The van der Waals surface area contributed by atoms with Crippen LogP contribution in [0.3, 0.4) is 0 Å². The molecule has 0 saturated carbocycles. The van der Waals surface area contributed by atoms with Crippen molar-refractivity contribution in [3.63, 3.8) is 0 Å².